The number of aromatic nitrogens is 1. The number of benzene rings is 2. The fourth-order valence-electron chi connectivity index (χ4n) is 2.98. The molecule has 1 unspecified atom stereocenters. The number of nitrogens with one attached hydrogen (secondary N) is 2. The molecule has 0 bridgehead atoms. The van der Waals surface area contributed by atoms with Gasteiger partial charge in [0, 0.05) is 11.9 Å². The predicted octanol–water partition coefficient (Wildman–Crippen LogP) is 3.49. The first kappa shape index (κ1) is 20.7. The third-order valence-corrected chi connectivity index (χ3v) is 4.61. The molecule has 0 fully saturated rings. The first-order valence-electron chi connectivity index (χ1n) is 9.59. The Bertz CT molecular complexity index is 1040. The zero-order valence-corrected chi connectivity index (χ0v) is 16.6. The van der Waals surface area contributed by atoms with Gasteiger partial charge in [-0.2, -0.15) is 5.26 Å². The van der Waals surface area contributed by atoms with Crippen LogP contribution in [0.15, 0.2) is 72.9 Å². The van der Waals surface area contributed by atoms with E-state index in [0.717, 1.165) is 16.7 Å². The summed E-state index contributed by atoms with van der Waals surface area (Å²) in [5.74, 6) is -1.49. The summed E-state index contributed by atoms with van der Waals surface area (Å²) in [6, 6.07) is 21.9. The summed E-state index contributed by atoms with van der Waals surface area (Å²) in [6.45, 7) is 2.01. The molecule has 3 rings (SSSR count). The Hall–Kier alpha value is -3.98. The van der Waals surface area contributed by atoms with Gasteiger partial charge in [0.1, 0.15) is 0 Å². The second-order valence-corrected chi connectivity index (χ2v) is 6.96. The van der Waals surface area contributed by atoms with E-state index in [1.165, 1.54) is 0 Å². The molecule has 1 aromatic heterocycles. The van der Waals surface area contributed by atoms with Gasteiger partial charge >= 0.3 is 11.8 Å². The van der Waals surface area contributed by atoms with E-state index in [1.54, 1.807) is 36.5 Å². The van der Waals surface area contributed by atoms with Crippen molar-refractivity contribution in [2.24, 2.45) is 0 Å². The number of pyridine rings is 1. The monoisotopic (exact) mass is 398 g/mol. The molecule has 0 saturated heterocycles. The van der Waals surface area contributed by atoms with Crippen molar-refractivity contribution in [2.45, 2.75) is 25.8 Å². The van der Waals surface area contributed by atoms with Crippen LogP contribution in [0.3, 0.4) is 0 Å². The Morgan fingerprint density at radius 2 is 1.67 bits per heavy atom. The lowest BCUT2D eigenvalue weighted by molar-refractivity contribution is -0.136. The molecule has 3 aromatic rings. The molecule has 150 valence electrons. The van der Waals surface area contributed by atoms with E-state index >= 15 is 0 Å². The largest absolute Gasteiger partial charge is 0.339 e. The van der Waals surface area contributed by atoms with E-state index in [2.05, 4.69) is 21.7 Å². The van der Waals surface area contributed by atoms with Gasteiger partial charge in [-0.15, -0.1) is 0 Å². The average Bonchev–Trinajstić information content (AvgIpc) is 2.77. The molecular formula is C24H22N4O2. The lowest BCUT2D eigenvalue weighted by Crippen LogP contribution is -2.38. The van der Waals surface area contributed by atoms with Crippen LogP contribution in [0, 0.1) is 18.3 Å². The smallest absolute Gasteiger partial charge is 0.313 e. The van der Waals surface area contributed by atoms with Crippen LogP contribution in [-0.2, 0) is 22.4 Å². The van der Waals surface area contributed by atoms with Gasteiger partial charge < -0.3 is 10.6 Å². The summed E-state index contributed by atoms with van der Waals surface area (Å²) < 4.78 is 0. The number of aryl methyl sites for hydroxylation is 1. The van der Waals surface area contributed by atoms with Gasteiger partial charge in [-0.25, -0.2) is 0 Å². The summed E-state index contributed by atoms with van der Waals surface area (Å²) in [6.07, 6.45) is 2.46. The fraction of sp³-hybridized carbons (Fsp3) is 0.167. The normalized spacial score (nSPS) is 11.2. The van der Waals surface area contributed by atoms with Crippen molar-refractivity contribution in [2.75, 3.05) is 5.32 Å². The highest BCUT2D eigenvalue weighted by Crippen LogP contribution is 2.17. The average molecular weight is 398 g/mol. The molecule has 30 heavy (non-hydrogen) atoms. The van der Waals surface area contributed by atoms with Crippen molar-refractivity contribution in [3.05, 3.63) is 95.3 Å². The minimum absolute atomic E-state index is 0.291. The molecule has 0 saturated carbocycles. The second kappa shape index (κ2) is 9.99. The van der Waals surface area contributed by atoms with Gasteiger partial charge in [-0.05, 0) is 48.7 Å². The van der Waals surface area contributed by atoms with E-state index < -0.39 is 17.9 Å². The van der Waals surface area contributed by atoms with Crippen LogP contribution in [-0.4, -0.2) is 16.8 Å². The second-order valence-electron chi connectivity index (χ2n) is 6.96. The number of rotatable bonds is 6. The summed E-state index contributed by atoms with van der Waals surface area (Å²) in [7, 11) is 0. The van der Waals surface area contributed by atoms with Crippen LogP contribution in [0.5, 0.6) is 0 Å². The SMILES string of the molecule is Cc1ccc(CC(NC(=O)C(=O)Nc2ccc(CC#N)cc2)c2ccccn2)cc1. The Kier molecular flexibility index (Phi) is 6.91. The molecule has 1 atom stereocenters. The van der Waals surface area contributed by atoms with E-state index in [1.807, 2.05) is 43.3 Å². The summed E-state index contributed by atoms with van der Waals surface area (Å²) in [4.78, 5) is 29.3. The number of anilines is 1. The molecule has 0 aliphatic heterocycles. The summed E-state index contributed by atoms with van der Waals surface area (Å²) in [5, 5.41) is 14.1. The van der Waals surface area contributed by atoms with Gasteiger partial charge in [0.15, 0.2) is 0 Å². The summed E-state index contributed by atoms with van der Waals surface area (Å²) >= 11 is 0. The van der Waals surface area contributed by atoms with Crippen LogP contribution < -0.4 is 10.6 Å². The van der Waals surface area contributed by atoms with Gasteiger partial charge in [0.25, 0.3) is 0 Å². The highest BCUT2D eigenvalue weighted by molar-refractivity contribution is 6.39. The first-order chi connectivity index (χ1) is 14.5. The Morgan fingerprint density at radius 1 is 0.967 bits per heavy atom. The van der Waals surface area contributed by atoms with Crippen LogP contribution in [0.2, 0.25) is 0 Å². The number of amides is 2. The van der Waals surface area contributed by atoms with Crippen molar-refractivity contribution in [3.63, 3.8) is 0 Å². The highest BCUT2D eigenvalue weighted by atomic mass is 16.2. The summed E-state index contributed by atoms with van der Waals surface area (Å²) in [5.41, 5.74) is 4.19. The highest BCUT2D eigenvalue weighted by Gasteiger charge is 2.21. The molecule has 0 radical (unpaired) electrons. The molecule has 2 amide bonds. The molecule has 2 aromatic carbocycles. The maximum Gasteiger partial charge on any atom is 0.313 e. The Morgan fingerprint density at radius 3 is 2.30 bits per heavy atom. The minimum Gasteiger partial charge on any atom is -0.339 e. The van der Waals surface area contributed by atoms with E-state index in [4.69, 9.17) is 5.26 Å². The van der Waals surface area contributed by atoms with E-state index in [0.29, 0.717) is 24.2 Å². The van der Waals surface area contributed by atoms with Crippen LogP contribution in [0.4, 0.5) is 5.69 Å². The molecule has 2 N–H and O–H groups in total. The molecule has 0 aliphatic rings. The van der Waals surface area contributed by atoms with Crippen molar-refractivity contribution >= 4 is 17.5 Å². The Labute approximate surface area is 175 Å². The minimum atomic E-state index is -0.757. The molecule has 6 heteroatoms. The molecule has 0 spiro atoms. The third-order valence-electron chi connectivity index (χ3n) is 4.61. The van der Waals surface area contributed by atoms with Crippen molar-refractivity contribution in [1.82, 2.24) is 10.3 Å². The number of nitriles is 1. The van der Waals surface area contributed by atoms with Crippen LogP contribution in [0.1, 0.15) is 28.4 Å². The van der Waals surface area contributed by atoms with E-state index in [-0.39, 0.29) is 0 Å². The predicted molar refractivity (Wildman–Crippen MR) is 114 cm³/mol. The van der Waals surface area contributed by atoms with E-state index in [9.17, 15) is 9.59 Å². The standard InChI is InChI=1S/C24H22N4O2/c1-17-5-7-19(8-6-17)16-22(21-4-2-3-15-26-21)28-24(30)23(29)27-20-11-9-18(10-12-20)13-14-25/h2-12,15,22H,13,16H2,1H3,(H,27,29)(H,28,30). The number of nitrogens with zero attached hydrogens (tertiary/aromatic N) is 2. The van der Waals surface area contributed by atoms with Crippen molar-refractivity contribution in [3.8, 4) is 6.07 Å². The van der Waals surface area contributed by atoms with Crippen LogP contribution >= 0.6 is 0 Å². The fourth-order valence-corrected chi connectivity index (χ4v) is 2.98. The van der Waals surface area contributed by atoms with Gasteiger partial charge in [0.2, 0.25) is 0 Å². The number of carbonyl (C=O) groups is 2. The maximum absolute atomic E-state index is 12.6. The zero-order valence-electron chi connectivity index (χ0n) is 16.6. The molecular weight excluding hydrogens is 376 g/mol. The molecule has 1 heterocycles. The van der Waals surface area contributed by atoms with Gasteiger partial charge in [-0.3, -0.25) is 14.6 Å². The third kappa shape index (κ3) is 5.76. The first-order valence-corrected chi connectivity index (χ1v) is 9.59. The molecule has 6 nitrogen and oxygen atoms in total. The van der Waals surface area contributed by atoms with Gasteiger partial charge in [0.05, 0.1) is 24.2 Å². The van der Waals surface area contributed by atoms with Crippen LogP contribution in [0.25, 0.3) is 0 Å². The topological polar surface area (TPSA) is 94.9 Å². The number of hydrogen-bond donors (Lipinski definition) is 2. The lowest BCUT2D eigenvalue weighted by Gasteiger charge is -2.18. The lowest BCUT2D eigenvalue weighted by atomic mass is 10.0. The Balaban J connectivity index is 1.69. The van der Waals surface area contributed by atoms with Crippen molar-refractivity contribution < 1.29 is 9.59 Å². The van der Waals surface area contributed by atoms with Crippen molar-refractivity contribution in [1.29, 1.82) is 5.26 Å². The number of carbonyl (C=O) groups excluding carboxylic acids is 2. The maximum atomic E-state index is 12.6. The zero-order chi connectivity index (χ0) is 21.3. The number of hydrogen-bond acceptors (Lipinski definition) is 4. The quantitative estimate of drug-likeness (QED) is 0.622. The molecule has 0 aliphatic carbocycles. The van der Waals surface area contributed by atoms with Gasteiger partial charge in [-0.1, -0.05) is 48.0 Å².